The fourth-order valence-corrected chi connectivity index (χ4v) is 4.70. The molecule has 0 spiro atoms. The highest BCUT2D eigenvalue weighted by atomic mass is 35.5. The number of carbonyl (C=O) groups is 1. The van der Waals surface area contributed by atoms with Crippen LogP contribution in [0.3, 0.4) is 0 Å². The van der Waals surface area contributed by atoms with Gasteiger partial charge in [0, 0.05) is 11.6 Å². The van der Waals surface area contributed by atoms with Gasteiger partial charge in [-0.25, -0.2) is 8.42 Å². The molecule has 2 aromatic carbocycles. The predicted molar refractivity (Wildman–Crippen MR) is 108 cm³/mol. The summed E-state index contributed by atoms with van der Waals surface area (Å²) in [5, 5.41) is 3.35. The van der Waals surface area contributed by atoms with Crippen molar-refractivity contribution in [2.45, 2.75) is 43.5 Å². The second kappa shape index (κ2) is 8.31. The molecule has 7 heteroatoms. The molecule has 3 rings (SSSR count). The summed E-state index contributed by atoms with van der Waals surface area (Å²) in [6.45, 7) is 2.14. The Morgan fingerprint density at radius 1 is 1.07 bits per heavy atom. The number of benzene rings is 2. The average Bonchev–Trinajstić information content (AvgIpc) is 2.65. The van der Waals surface area contributed by atoms with Gasteiger partial charge < -0.3 is 5.32 Å². The number of hydrogen-bond donors (Lipinski definition) is 2. The van der Waals surface area contributed by atoms with Gasteiger partial charge in [0.1, 0.15) is 0 Å². The van der Waals surface area contributed by atoms with E-state index in [1.54, 1.807) is 36.4 Å². The lowest BCUT2D eigenvalue weighted by atomic mass is 9.86. The molecule has 1 fully saturated rings. The van der Waals surface area contributed by atoms with E-state index in [0.717, 1.165) is 19.3 Å². The minimum atomic E-state index is -3.85. The molecule has 0 aliphatic heterocycles. The quantitative estimate of drug-likeness (QED) is 0.770. The van der Waals surface area contributed by atoms with E-state index in [1.807, 2.05) is 0 Å². The monoisotopic (exact) mass is 406 g/mol. The van der Waals surface area contributed by atoms with Crippen LogP contribution < -0.4 is 10.0 Å². The van der Waals surface area contributed by atoms with Gasteiger partial charge in [-0.1, -0.05) is 49.6 Å². The molecule has 2 atom stereocenters. The van der Waals surface area contributed by atoms with E-state index >= 15 is 0 Å². The first-order chi connectivity index (χ1) is 12.9. The molecule has 144 valence electrons. The number of amides is 1. The predicted octanol–water partition coefficient (Wildman–Crippen LogP) is 4.45. The number of anilines is 1. The molecular weight excluding hydrogens is 384 g/mol. The van der Waals surface area contributed by atoms with Gasteiger partial charge in [-0.3, -0.25) is 9.52 Å². The van der Waals surface area contributed by atoms with Gasteiger partial charge in [-0.2, -0.15) is 0 Å². The largest absolute Gasteiger partial charge is 0.349 e. The summed E-state index contributed by atoms with van der Waals surface area (Å²) in [4.78, 5) is 12.6. The van der Waals surface area contributed by atoms with Gasteiger partial charge in [0.2, 0.25) is 0 Å². The van der Waals surface area contributed by atoms with E-state index in [-0.39, 0.29) is 16.8 Å². The van der Waals surface area contributed by atoms with Crippen LogP contribution in [-0.4, -0.2) is 20.4 Å². The molecule has 1 saturated carbocycles. The Labute approximate surface area is 165 Å². The lowest BCUT2D eigenvalue weighted by molar-refractivity contribution is 0.0910. The Bertz CT molecular complexity index is 930. The van der Waals surface area contributed by atoms with Crippen LogP contribution in [0.4, 0.5) is 5.69 Å². The summed E-state index contributed by atoms with van der Waals surface area (Å²) in [6.07, 6.45) is 4.35. The summed E-state index contributed by atoms with van der Waals surface area (Å²) in [5.74, 6) is 0.181. The van der Waals surface area contributed by atoms with E-state index in [0.29, 0.717) is 22.2 Å². The molecule has 1 aliphatic rings. The van der Waals surface area contributed by atoms with E-state index in [1.165, 1.54) is 18.6 Å². The zero-order valence-electron chi connectivity index (χ0n) is 15.1. The maximum atomic E-state index is 12.7. The third-order valence-corrected chi connectivity index (χ3v) is 6.65. The Morgan fingerprint density at radius 3 is 2.56 bits per heavy atom. The molecule has 0 aromatic heterocycles. The van der Waals surface area contributed by atoms with Crippen LogP contribution in [0.2, 0.25) is 5.02 Å². The summed E-state index contributed by atoms with van der Waals surface area (Å²) in [6, 6.07) is 12.8. The van der Waals surface area contributed by atoms with Gasteiger partial charge in [-0.05, 0) is 49.1 Å². The third kappa shape index (κ3) is 4.82. The maximum Gasteiger partial charge on any atom is 0.261 e. The Hall–Kier alpha value is -2.05. The number of halogens is 1. The number of hydrogen-bond acceptors (Lipinski definition) is 3. The SMILES string of the molecule is C[C@@H]1CCCC[C@H]1NC(=O)c1cccc(S(=O)(=O)Nc2ccccc2Cl)c1. The fourth-order valence-electron chi connectivity index (χ4n) is 3.33. The number of para-hydroxylation sites is 1. The summed E-state index contributed by atoms with van der Waals surface area (Å²) >= 11 is 6.03. The van der Waals surface area contributed by atoms with Crippen molar-refractivity contribution in [3.63, 3.8) is 0 Å². The van der Waals surface area contributed by atoms with Crippen LogP contribution in [0.25, 0.3) is 0 Å². The van der Waals surface area contributed by atoms with Gasteiger partial charge in [0.15, 0.2) is 0 Å². The topological polar surface area (TPSA) is 75.3 Å². The van der Waals surface area contributed by atoms with Crippen molar-refractivity contribution in [1.29, 1.82) is 0 Å². The highest BCUT2D eigenvalue weighted by molar-refractivity contribution is 7.92. The van der Waals surface area contributed by atoms with Crippen molar-refractivity contribution in [2.24, 2.45) is 5.92 Å². The van der Waals surface area contributed by atoms with Gasteiger partial charge in [-0.15, -0.1) is 0 Å². The average molecular weight is 407 g/mol. The van der Waals surface area contributed by atoms with Crippen molar-refractivity contribution < 1.29 is 13.2 Å². The lowest BCUT2D eigenvalue weighted by Gasteiger charge is -2.29. The van der Waals surface area contributed by atoms with E-state index in [2.05, 4.69) is 17.0 Å². The van der Waals surface area contributed by atoms with Crippen LogP contribution in [0, 0.1) is 5.92 Å². The first-order valence-corrected chi connectivity index (χ1v) is 10.9. The zero-order chi connectivity index (χ0) is 19.4. The smallest absolute Gasteiger partial charge is 0.261 e. The maximum absolute atomic E-state index is 12.7. The van der Waals surface area contributed by atoms with Crippen LogP contribution >= 0.6 is 11.6 Å². The molecule has 0 unspecified atom stereocenters. The Kier molecular flexibility index (Phi) is 6.07. The van der Waals surface area contributed by atoms with E-state index in [4.69, 9.17) is 11.6 Å². The standard InChI is InChI=1S/C20H23ClN2O3S/c1-14-7-2-4-11-18(14)22-20(24)15-8-6-9-16(13-15)27(25,26)23-19-12-5-3-10-17(19)21/h3,5-6,8-10,12-14,18,23H,2,4,7,11H2,1H3,(H,22,24)/t14-,18-/m1/s1. The summed E-state index contributed by atoms with van der Waals surface area (Å²) in [5.41, 5.74) is 0.625. The van der Waals surface area contributed by atoms with Crippen LogP contribution in [0.15, 0.2) is 53.4 Å². The summed E-state index contributed by atoms with van der Waals surface area (Å²) in [7, 11) is -3.85. The second-order valence-corrected chi connectivity index (χ2v) is 9.04. The van der Waals surface area contributed by atoms with Crippen LogP contribution in [0.5, 0.6) is 0 Å². The van der Waals surface area contributed by atoms with Crippen molar-refractivity contribution in [1.82, 2.24) is 5.32 Å². The Balaban J connectivity index is 1.78. The first-order valence-electron chi connectivity index (χ1n) is 9.05. The normalized spacial score (nSPS) is 20.1. The molecule has 1 aliphatic carbocycles. The molecule has 2 N–H and O–H groups in total. The first kappa shape index (κ1) is 19.7. The van der Waals surface area contributed by atoms with Gasteiger partial charge >= 0.3 is 0 Å². The third-order valence-electron chi connectivity index (χ3n) is 4.95. The zero-order valence-corrected chi connectivity index (χ0v) is 16.7. The molecule has 0 radical (unpaired) electrons. The minimum absolute atomic E-state index is 0.0202. The highest BCUT2D eigenvalue weighted by Crippen LogP contribution is 2.25. The number of carbonyl (C=O) groups excluding carboxylic acids is 1. The van der Waals surface area contributed by atoms with Crippen molar-refractivity contribution in [3.8, 4) is 0 Å². The fraction of sp³-hybridized carbons (Fsp3) is 0.350. The van der Waals surface area contributed by atoms with Crippen molar-refractivity contribution >= 4 is 33.2 Å². The highest BCUT2D eigenvalue weighted by Gasteiger charge is 2.24. The lowest BCUT2D eigenvalue weighted by Crippen LogP contribution is -2.41. The van der Waals surface area contributed by atoms with E-state index in [9.17, 15) is 13.2 Å². The van der Waals surface area contributed by atoms with Crippen LogP contribution in [0.1, 0.15) is 43.0 Å². The van der Waals surface area contributed by atoms with Gasteiger partial charge in [0.25, 0.3) is 15.9 Å². The Morgan fingerprint density at radius 2 is 1.81 bits per heavy atom. The van der Waals surface area contributed by atoms with Crippen molar-refractivity contribution in [2.75, 3.05) is 4.72 Å². The number of nitrogens with one attached hydrogen (secondary N) is 2. The molecule has 0 bridgehead atoms. The number of rotatable bonds is 5. The molecule has 5 nitrogen and oxygen atoms in total. The van der Waals surface area contributed by atoms with Crippen LogP contribution in [-0.2, 0) is 10.0 Å². The van der Waals surface area contributed by atoms with Crippen molar-refractivity contribution in [3.05, 3.63) is 59.1 Å². The minimum Gasteiger partial charge on any atom is -0.349 e. The number of sulfonamides is 1. The molecule has 0 saturated heterocycles. The molecule has 1 amide bonds. The van der Waals surface area contributed by atoms with E-state index < -0.39 is 10.0 Å². The molecule has 27 heavy (non-hydrogen) atoms. The molecule has 2 aromatic rings. The molecule has 0 heterocycles. The summed E-state index contributed by atoms with van der Waals surface area (Å²) < 4.78 is 27.8. The second-order valence-electron chi connectivity index (χ2n) is 6.95. The van der Waals surface area contributed by atoms with Gasteiger partial charge in [0.05, 0.1) is 15.6 Å². The molecular formula is C20H23ClN2O3S.